The molecule has 0 spiro atoms. The van der Waals surface area contributed by atoms with Crippen molar-refractivity contribution in [1.29, 1.82) is 0 Å². The second-order valence-corrected chi connectivity index (χ2v) is 12.1. The largest absolute Gasteiger partial charge is 0.354 e. The maximum Gasteiger partial charge on any atom is 0.269 e. The van der Waals surface area contributed by atoms with Crippen molar-refractivity contribution in [3.63, 3.8) is 0 Å². The van der Waals surface area contributed by atoms with Crippen LogP contribution in [0.25, 0.3) is 0 Å². The van der Waals surface area contributed by atoms with E-state index >= 15 is 0 Å². The lowest BCUT2D eigenvalue weighted by Crippen LogP contribution is -2.53. The van der Waals surface area contributed by atoms with Crippen molar-refractivity contribution in [2.45, 2.75) is 43.7 Å². The fourth-order valence-corrected chi connectivity index (χ4v) is 6.23. The Labute approximate surface area is 237 Å². The minimum absolute atomic E-state index is 0.0305. The predicted molar refractivity (Wildman–Crippen MR) is 151 cm³/mol. The summed E-state index contributed by atoms with van der Waals surface area (Å²) in [6, 6.07) is 21.6. The zero-order valence-corrected chi connectivity index (χ0v) is 23.9. The number of benzene rings is 3. The van der Waals surface area contributed by atoms with Crippen LogP contribution < -0.4 is 5.32 Å². The molecule has 1 atom stereocenters. The van der Waals surface area contributed by atoms with Crippen LogP contribution in [0.4, 0.5) is 0 Å². The molecule has 39 heavy (non-hydrogen) atoms. The third-order valence-electron chi connectivity index (χ3n) is 6.56. The van der Waals surface area contributed by atoms with Crippen molar-refractivity contribution in [2.75, 3.05) is 13.1 Å². The number of nitrogens with zero attached hydrogens (tertiary/aromatic N) is 2. The van der Waals surface area contributed by atoms with Gasteiger partial charge in [0.25, 0.3) is 15.9 Å². The van der Waals surface area contributed by atoms with Gasteiger partial charge in [0.2, 0.25) is 11.8 Å². The van der Waals surface area contributed by atoms with Gasteiger partial charge in [0.15, 0.2) is 0 Å². The van der Waals surface area contributed by atoms with E-state index in [4.69, 9.17) is 0 Å². The Kier molecular flexibility index (Phi) is 9.19. The summed E-state index contributed by atoms with van der Waals surface area (Å²) < 4.78 is 27.8. The van der Waals surface area contributed by atoms with Crippen molar-refractivity contribution in [2.24, 2.45) is 0 Å². The number of halogens is 1. The summed E-state index contributed by atoms with van der Waals surface area (Å²) in [5.74, 6) is -1.74. The first-order valence-electron chi connectivity index (χ1n) is 12.7. The third-order valence-corrected chi connectivity index (χ3v) is 8.87. The van der Waals surface area contributed by atoms with Crippen LogP contribution in [0.5, 0.6) is 0 Å². The molecule has 3 aromatic carbocycles. The van der Waals surface area contributed by atoms with Crippen LogP contribution >= 0.6 is 15.9 Å². The molecule has 1 aliphatic rings. The van der Waals surface area contributed by atoms with E-state index in [0.29, 0.717) is 10.8 Å². The molecule has 1 heterocycles. The quantitative estimate of drug-likeness (QED) is 0.328. The molecule has 0 bridgehead atoms. The Hall–Kier alpha value is -3.50. The van der Waals surface area contributed by atoms with E-state index in [1.165, 1.54) is 23.1 Å². The molecular formula is C29H30BrN3O5S. The van der Waals surface area contributed by atoms with Crippen molar-refractivity contribution in [3.05, 3.63) is 100 Å². The molecular weight excluding hydrogens is 582 g/mol. The van der Waals surface area contributed by atoms with E-state index in [2.05, 4.69) is 21.2 Å². The number of hydrogen-bond acceptors (Lipinski definition) is 5. The Morgan fingerprint density at radius 3 is 2.28 bits per heavy atom. The Bertz CT molecular complexity index is 1450. The monoisotopic (exact) mass is 611 g/mol. The molecule has 0 unspecified atom stereocenters. The summed E-state index contributed by atoms with van der Waals surface area (Å²) in [6.07, 6.45) is 1.89. The molecule has 0 aromatic heterocycles. The Morgan fingerprint density at radius 2 is 1.62 bits per heavy atom. The molecule has 10 heteroatoms. The van der Waals surface area contributed by atoms with Gasteiger partial charge >= 0.3 is 0 Å². The van der Waals surface area contributed by atoms with Gasteiger partial charge in [-0.05, 0) is 41.8 Å². The summed E-state index contributed by atoms with van der Waals surface area (Å²) >= 11 is 3.41. The molecule has 0 fully saturated rings. The zero-order chi connectivity index (χ0) is 28.0. The van der Waals surface area contributed by atoms with Gasteiger partial charge in [0, 0.05) is 24.0 Å². The fourth-order valence-electron chi connectivity index (χ4n) is 4.45. The first-order valence-corrected chi connectivity index (χ1v) is 15.0. The Morgan fingerprint density at radius 1 is 0.949 bits per heavy atom. The van der Waals surface area contributed by atoms with Gasteiger partial charge in [0.1, 0.15) is 17.5 Å². The molecule has 8 nitrogen and oxygen atoms in total. The molecule has 1 N–H and O–H groups in total. The van der Waals surface area contributed by atoms with E-state index in [9.17, 15) is 22.8 Å². The highest BCUT2D eigenvalue weighted by molar-refractivity contribution is 9.10. The number of sulfonamides is 1. The van der Waals surface area contributed by atoms with Crippen LogP contribution in [-0.4, -0.2) is 54.5 Å². The lowest BCUT2D eigenvalue weighted by molar-refractivity contribution is -0.141. The first kappa shape index (κ1) is 28.5. The van der Waals surface area contributed by atoms with Gasteiger partial charge in [-0.15, -0.1) is 0 Å². The number of carbonyl (C=O) groups excluding carboxylic acids is 3. The number of rotatable bonds is 11. The molecule has 0 saturated carbocycles. The maximum absolute atomic E-state index is 13.9. The summed E-state index contributed by atoms with van der Waals surface area (Å²) in [5.41, 5.74) is 1.63. The number of hydrogen-bond donors (Lipinski definition) is 1. The first-order chi connectivity index (χ1) is 18.7. The van der Waals surface area contributed by atoms with Crippen molar-refractivity contribution in [3.8, 4) is 0 Å². The van der Waals surface area contributed by atoms with Crippen LogP contribution in [0, 0.1) is 0 Å². The van der Waals surface area contributed by atoms with Crippen molar-refractivity contribution < 1.29 is 22.8 Å². The molecule has 0 aliphatic carbocycles. The highest BCUT2D eigenvalue weighted by Gasteiger charge is 2.43. The molecule has 204 valence electrons. The number of nitrogens with one attached hydrogen (secondary N) is 1. The van der Waals surface area contributed by atoms with Crippen LogP contribution in [0.15, 0.2) is 88.2 Å². The van der Waals surface area contributed by atoms with Crippen LogP contribution in [0.3, 0.4) is 0 Å². The molecule has 3 amide bonds. The summed E-state index contributed by atoms with van der Waals surface area (Å²) in [7, 11) is -4.20. The summed E-state index contributed by atoms with van der Waals surface area (Å²) in [4.78, 5) is 41.7. The van der Waals surface area contributed by atoms with E-state index in [1.54, 1.807) is 6.07 Å². The van der Waals surface area contributed by atoms with Crippen molar-refractivity contribution in [1.82, 2.24) is 14.5 Å². The van der Waals surface area contributed by atoms with Gasteiger partial charge in [-0.2, -0.15) is 0 Å². The number of unbranched alkanes of at least 4 members (excludes halogenated alkanes) is 1. The Balaban J connectivity index is 1.69. The van der Waals surface area contributed by atoms with E-state index < -0.39 is 34.4 Å². The van der Waals surface area contributed by atoms with Crippen molar-refractivity contribution >= 4 is 43.7 Å². The standard InChI is InChI=1S/C29H30BrN3O5S/c1-2-3-17-31-28(35)25(18-21-9-5-4-6-10-21)32(19-22-13-15-23(30)16-14-22)27(34)20-33-29(36)24-11-7-8-12-26(24)39(33,37)38/h4-16,25H,2-3,17-20H2,1H3,(H,31,35)/t25-/m1/s1. The predicted octanol–water partition coefficient (Wildman–Crippen LogP) is 4.15. The average molecular weight is 613 g/mol. The number of fused-ring (bicyclic) bond motifs is 1. The molecule has 0 saturated heterocycles. The lowest BCUT2D eigenvalue weighted by atomic mass is 10.0. The highest BCUT2D eigenvalue weighted by Crippen LogP contribution is 2.30. The van der Waals surface area contributed by atoms with Gasteiger partial charge in [0.05, 0.1) is 5.56 Å². The average Bonchev–Trinajstić information content (AvgIpc) is 3.13. The SMILES string of the molecule is CCCCNC(=O)[C@@H](Cc1ccccc1)N(Cc1ccc(Br)cc1)C(=O)CN1C(=O)c2ccccc2S1(=O)=O. The van der Waals surface area contributed by atoms with E-state index in [-0.39, 0.29) is 29.3 Å². The van der Waals surface area contributed by atoms with Gasteiger partial charge in [-0.25, -0.2) is 12.7 Å². The highest BCUT2D eigenvalue weighted by atomic mass is 79.9. The second kappa shape index (κ2) is 12.6. The smallest absolute Gasteiger partial charge is 0.269 e. The maximum atomic E-state index is 13.9. The molecule has 0 radical (unpaired) electrons. The van der Waals surface area contributed by atoms with Crippen LogP contribution in [-0.2, 0) is 32.6 Å². The zero-order valence-electron chi connectivity index (χ0n) is 21.5. The third kappa shape index (κ3) is 6.57. The second-order valence-electron chi connectivity index (χ2n) is 9.31. The van der Waals surface area contributed by atoms with E-state index in [0.717, 1.165) is 28.4 Å². The minimum atomic E-state index is -4.20. The summed E-state index contributed by atoms with van der Waals surface area (Å²) in [6.45, 7) is 1.82. The van der Waals surface area contributed by atoms with Crippen LogP contribution in [0.2, 0.25) is 0 Å². The fraction of sp³-hybridized carbons (Fsp3) is 0.276. The lowest BCUT2D eigenvalue weighted by Gasteiger charge is -2.32. The molecule has 1 aliphatic heterocycles. The van der Waals surface area contributed by atoms with Crippen LogP contribution in [0.1, 0.15) is 41.3 Å². The normalized spacial score (nSPS) is 14.5. The number of amides is 3. The molecule has 4 rings (SSSR count). The topological polar surface area (TPSA) is 104 Å². The van der Waals surface area contributed by atoms with Gasteiger partial charge in [-0.1, -0.05) is 83.9 Å². The van der Waals surface area contributed by atoms with Gasteiger partial charge < -0.3 is 10.2 Å². The van der Waals surface area contributed by atoms with Gasteiger partial charge in [-0.3, -0.25) is 14.4 Å². The van der Waals surface area contributed by atoms with E-state index in [1.807, 2.05) is 61.5 Å². The number of carbonyl (C=O) groups is 3. The minimum Gasteiger partial charge on any atom is -0.354 e. The molecule has 3 aromatic rings. The summed E-state index contributed by atoms with van der Waals surface area (Å²) in [5, 5.41) is 2.93.